The van der Waals surface area contributed by atoms with Crippen LogP contribution in [0.5, 0.6) is 0 Å². The Bertz CT molecular complexity index is 761. The van der Waals surface area contributed by atoms with Gasteiger partial charge in [0.15, 0.2) is 0 Å². The summed E-state index contributed by atoms with van der Waals surface area (Å²) in [5, 5.41) is 4.92. The lowest BCUT2D eigenvalue weighted by Gasteiger charge is -2.14. The van der Waals surface area contributed by atoms with E-state index in [1.165, 1.54) is 31.9 Å². The fourth-order valence-electron chi connectivity index (χ4n) is 2.71. The maximum atomic E-state index is 6.79. The normalized spacial score (nSPS) is 11.2. The average Bonchev–Trinajstić information content (AvgIpc) is 2.61. The predicted octanol–water partition coefficient (Wildman–Crippen LogP) is 2.99. The van der Waals surface area contributed by atoms with Gasteiger partial charge in [-0.15, -0.1) is 0 Å². The Morgan fingerprint density at radius 1 is 0.542 bits per heavy atom. The lowest BCUT2D eigenvalue weighted by Crippen LogP contribution is -2.42. The van der Waals surface area contributed by atoms with Gasteiger partial charge >= 0.3 is 0 Å². The van der Waals surface area contributed by atoms with Crippen LogP contribution in [0, 0.1) is 13.8 Å². The van der Waals surface area contributed by atoms with Gasteiger partial charge < -0.3 is 0 Å². The molecular formula is C20H18Cl2Si2. The molecule has 0 aromatic heterocycles. The van der Waals surface area contributed by atoms with E-state index < -0.39 is 16.2 Å². The third-order valence-electron chi connectivity index (χ3n) is 4.15. The monoisotopic (exact) mass is 384 g/mol. The van der Waals surface area contributed by atoms with Crippen LogP contribution in [0.15, 0.2) is 72.8 Å². The highest BCUT2D eigenvalue weighted by molar-refractivity contribution is 7.22. The van der Waals surface area contributed by atoms with Crippen LogP contribution >= 0.6 is 22.2 Å². The van der Waals surface area contributed by atoms with Crippen molar-refractivity contribution in [2.45, 2.75) is 13.8 Å². The Labute approximate surface area is 156 Å². The number of benzene rings is 3. The van der Waals surface area contributed by atoms with E-state index in [-0.39, 0.29) is 0 Å². The molecule has 0 aliphatic carbocycles. The Morgan fingerprint density at radius 3 is 1.21 bits per heavy atom. The Hall–Kier alpha value is -1.33. The lowest BCUT2D eigenvalue weighted by atomic mass is 10.2. The van der Waals surface area contributed by atoms with E-state index in [9.17, 15) is 0 Å². The molecule has 0 heterocycles. The number of rotatable bonds is 4. The summed E-state index contributed by atoms with van der Waals surface area (Å²) in [6.45, 7) is 4.24. The fourth-order valence-corrected chi connectivity index (χ4v) is 7.63. The molecule has 0 unspecified atom stereocenters. The second kappa shape index (κ2) is 7.70. The van der Waals surface area contributed by atoms with Crippen LogP contribution in [0.4, 0.5) is 0 Å². The third-order valence-corrected chi connectivity index (χ3v) is 10.4. The largest absolute Gasteiger partial charge is 0.234 e. The summed E-state index contributed by atoms with van der Waals surface area (Å²) in [6, 6.07) is 25.3. The van der Waals surface area contributed by atoms with Crippen molar-refractivity contribution in [1.29, 1.82) is 0 Å². The molecule has 0 aliphatic heterocycles. The van der Waals surface area contributed by atoms with Crippen molar-refractivity contribution in [3.05, 3.63) is 83.9 Å². The van der Waals surface area contributed by atoms with Crippen LogP contribution in [0.25, 0.3) is 0 Å². The number of hydrogen-bond acceptors (Lipinski definition) is 0. The molecule has 24 heavy (non-hydrogen) atoms. The van der Waals surface area contributed by atoms with Gasteiger partial charge in [-0.1, -0.05) is 83.9 Å². The summed E-state index contributed by atoms with van der Waals surface area (Å²) in [5.74, 6) is 0. The Balaban J connectivity index is 1.86. The number of aryl methyl sites for hydroxylation is 2. The van der Waals surface area contributed by atoms with Crippen molar-refractivity contribution in [3.8, 4) is 0 Å². The van der Waals surface area contributed by atoms with E-state index in [1.807, 2.05) is 0 Å². The molecule has 0 saturated heterocycles. The first kappa shape index (κ1) is 17.5. The van der Waals surface area contributed by atoms with Crippen LogP contribution in [-0.4, -0.2) is 16.2 Å². The summed E-state index contributed by atoms with van der Waals surface area (Å²) >= 11 is 13.6. The van der Waals surface area contributed by atoms with Gasteiger partial charge in [-0.3, -0.25) is 0 Å². The van der Waals surface area contributed by atoms with Crippen LogP contribution in [-0.2, 0) is 0 Å². The molecule has 0 amide bonds. The van der Waals surface area contributed by atoms with Crippen LogP contribution in [0.3, 0.4) is 0 Å². The first-order chi connectivity index (χ1) is 11.6. The zero-order valence-corrected chi connectivity index (χ0v) is 17.2. The molecule has 3 rings (SSSR count). The van der Waals surface area contributed by atoms with E-state index >= 15 is 0 Å². The second-order valence-corrected chi connectivity index (χ2v) is 11.6. The summed E-state index contributed by atoms with van der Waals surface area (Å²) in [6.07, 6.45) is 0. The van der Waals surface area contributed by atoms with Crippen molar-refractivity contribution in [2.75, 3.05) is 0 Å². The van der Waals surface area contributed by atoms with Gasteiger partial charge in [-0.05, 0) is 34.6 Å². The third kappa shape index (κ3) is 3.67. The lowest BCUT2D eigenvalue weighted by molar-refractivity contribution is 1.51. The Morgan fingerprint density at radius 2 is 0.875 bits per heavy atom. The van der Waals surface area contributed by atoms with Gasteiger partial charge in [0.1, 0.15) is 0 Å². The highest BCUT2D eigenvalue weighted by Crippen LogP contribution is 2.03. The first-order valence-corrected chi connectivity index (χ1v) is 12.9. The van der Waals surface area contributed by atoms with Crippen molar-refractivity contribution >= 4 is 59.1 Å². The van der Waals surface area contributed by atoms with Crippen LogP contribution in [0.1, 0.15) is 11.1 Å². The molecule has 0 nitrogen and oxygen atoms in total. The van der Waals surface area contributed by atoms with Gasteiger partial charge in [-0.25, -0.2) is 0 Å². The first-order valence-electron chi connectivity index (χ1n) is 7.85. The maximum absolute atomic E-state index is 6.79. The minimum Gasteiger partial charge on any atom is -0.156 e. The molecule has 0 N–H and O–H groups in total. The predicted molar refractivity (Wildman–Crippen MR) is 111 cm³/mol. The molecule has 2 radical (unpaired) electrons. The van der Waals surface area contributed by atoms with Crippen molar-refractivity contribution in [1.82, 2.24) is 0 Å². The molecule has 0 atom stereocenters. The molecule has 3 aromatic carbocycles. The van der Waals surface area contributed by atoms with Crippen LogP contribution in [0.2, 0.25) is 0 Å². The van der Waals surface area contributed by atoms with Crippen LogP contribution < -0.4 is 20.7 Å². The summed E-state index contributed by atoms with van der Waals surface area (Å²) < 4.78 is 0. The highest BCUT2D eigenvalue weighted by atomic mass is 35.6. The zero-order valence-electron chi connectivity index (χ0n) is 13.7. The van der Waals surface area contributed by atoms with E-state index in [0.717, 1.165) is 0 Å². The molecule has 0 bridgehead atoms. The van der Waals surface area contributed by atoms with Gasteiger partial charge in [0.05, 0.1) is 0 Å². The van der Waals surface area contributed by atoms with E-state index in [0.29, 0.717) is 0 Å². The SMILES string of the molecule is Cc1ccccc1[Si](Cl)c1ccc([Si](Cl)c2ccccc2C)cc1. The smallest absolute Gasteiger partial charge is 0.156 e. The van der Waals surface area contributed by atoms with E-state index in [4.69, 9.17) is 22.2 Å². The van der Waals surface area contributed by atoms with Gasteiger partial charge in [0.25, 0.3) is 0 Å². The minimum absolute atomic E-state index is 1.20. The van der Waals surface area contributed by atoms with Crippen molar-refractivity contribution in [3.63, 3.8) is 0 Å². The summed E-state index contributed by atoms with van der Waals surface area (Å²) in [7, 11) is -2.50. The van der Waals surface area contributed by atoms with E-state index in [1.54, 1.807) is 0 Å². The molecule has 120 valence electrons. The Kier molecular flexibility index (Phi) is 5.62. The molecular weight excluding hydrogens is 367 g/mol. The minimum atomic E-state index is -1.25. The molecule has 0 saturated carbocycles. The standard InChI is InChI=1S/C20H18Cl2Si2/c1-15-7-3-5-9-19(15)23(21)17-11-13-18(14-12-17)24(22)20-10-6-4-8-16(20)2/h3-14H,1-2H3. The molecule has 3 aromatic rings. The number of hydrogen-bond donors (Lipinski definition) is 0. The van der Waals surface area contributed by atoms with Gasteiger partial charge in [0.2, 0.25) is 16.2 Å². The molecule has 0 aliphatic rings. The van der Waals surface area contributed by atoms with E-state index in [2.05, 4.69) is 86.6 Å². The fraction of sp³-hybridized carbons (Fsp3) is 0.100. The number of halogens is 2. The summed E-state index contributed by atoms with van der Waals surface area (Å²) in [5.41, 5.74) is 2.51. The maximum Gasteiger partial charge on any atom is 0.234 e. The topological polar surface area (TPSA) is 0 Å². The quantitative estimate of drug-likeness (QED) is 0.479. The molecule has 4 heteroatoms. The highest BCUT2D eigenvalue weighted by Gasteiger charge is 2.19. The van der Waals surface area contributed by atoms with Crippen molar-refractivity contribution in [2.24, 2.45) is 0 Å². The molecule has 0 fully saturated rings. The van der Waals surface area contributed by atoms with Gasteiger partial charge in [0, 0.05) is 0 Å². The molecule has 0 spiro atoms. The van der Waals surface area contributed by atoms with Crippen molar-refractivity contribution < 1.29 is 0 Å². The summed E-state index contributed by atoms with van der Waals surface area (Å²) in [4.78, 5) is 0. The average molecular weight is 385 g/mol. The zero-order chi connectivity index (χ0) is 17.1. The van der Waals surface area contributed by atoms with Gasteiger partial charge in [-0.2, -0.15) is 22.2 Å². The second-order valence-electron chi connectivity index (χ2n) is 5.84.